The molecule has 1 aliphatic heterocycles. The number of sulfone groups is 1. The fourth-order valence-electron chi connectivity index (χ4n) is 2.11. The van der Waals surface area contributed by atoms with Crippen molar-refractivity contribution in [2.75, 3.05) is 28.7 Å². The van der Waals surface area contributed by atoms with Crippen molar-refractivity contribution in [2.45, 2.75) is 13.0 Å². The molecule has 0 saturated carbocycles. The van der Waals surface area contributed by atoms with Crippen LogP contribution in [-0.2, 0) is 9.84 Å². The molecular formula is C11H15ClN2O2S. The average molecular weight is 275 g/mol. The number of anilines is 2. The largest absolute Gasteiger partial charge is 0.399 e. The summed E-state index contributed by atoms with van der Waals surface area (Å²) < 4.78 is 23.0. The fourth-order valence-corrected chi connectivity index (χ4v) is 3.97. The number of benzene rings is 1. The van der Waals surface area contributed by atoms with Crippen LogP contribution in [0.5, 0.6) is 0 Å². The van der Waals surface area contributed by atoms with Crippen molar-refractivity contribution in [3.05, 3.63) is 23.2 Å². The highest BCUT2D eigenvalue weighted by molar-refractivity contribution is 7.91. The molecule has 0 radical (unpaired) electrons. The second-order valence-corrected chi connectivity index (χ2v) is 7.00. The zero-order chi connectivity index (χ0) is 12.6. The summed E-state index contributed by atoms with van der Waals surface area (Å²) in [5.74, 6) is 0.353. The second-order valence-electron chi connectivity index (χ2n) is 4.37. The third kappa shape index (κ3) is 2.66. The van der Waals surface area contributed by atoms with Crippen molar-refractivity contribution in [2.24, 2.45) is 0 Å². The van der Waals surface area contributed by atoms with Gasteiger partial charge in [-0.3, -0.25) is 0 Å². The Morgan fingerprint density at radius 1 is 1.47 bits per heavy atom. The van der Waals surface area contributed by atoms with Crippen LogP contribution in [0.3, 0.4) is 0 Å². The summed E-state index contributed by atoms with van der Waals surface area (Å²) in [5.41, 5.74) is 7.09. The predicted octanol–water partition coefficient (Wildman–Crippen LogP) is 1.55. The summed E-state index contributed by atoms with van der Waals surface area (Å²) in [6, 6.07) is 5.24. The Labute approximate surface area is 106 Å². The number of halogens is 1. The molecule has 0 aromatic heterocycles. The van der Waals surface area contributed by atoms with Crippen LogP contribution in [0.2, 0.25) is 5.02 Å². The maximum Gasteiger partial charge on any atom is 0.154 e. The van der Waals surface area contributed by atoms with Gasteiger partial charge in [0.15, 0.2) is 9.84 Å². The standard InChI is InChI=1S/C11H15ClN2O2S/c1-8-7-17(15,16)5-4-14(8)11-3-2-9(13)6-10(11)12/h2-3,6,8H,4-5,7,13H2,1H3. The number of nitrogens with two attached hydrogens (primary N) is 1. The minimum atomic E-state index is -2.90. The van der Waals surface area contributed by atoms with Crippen LogP contribution < -0.4 is 10.6 Å². The van der Waals surface area contributed by atoms with E-state index in [-0.39, 0.29) is 17.5 Å². The minimum absolute atomic E-state index is 0.0603. The van der Waals surface area contributed by atoms with E-state index in [2.05, 4.69) is 0 Å². The third-order valence-electron chi connectivity index (χ3n) is 2.95. The molecule has 0 spiro atoms. The van der Waals surface area contributed by atoms with E-state index in [0.717, 1.165) is 5.69 Å². The van der Waals surface area contributed by atoms with Gasteiger partial charge in [-0.15, -0.1) is 0 Å². The molecule has 2 rings (SSSR count). The normalized spacial score (nSPS) is 23.6. The van der Waals surface area contributed by atoms with E-state index in [1.165, 1.54) is 0 Å². The molecule has 0 bridgehead atoms. The molecular weight excluding hydrogens is 260 g/mol. The number of hydrogen-bond acceptors (Lipinski definition) is 4. The highest BCUT2D eigenvalue weighted by Gasteiger charge is 2.29. The van der Waals surface area contributed by atoms with Gasteiger partial charge in [0, 0.05) is 18.3 Å². The topological polar surface area (TPSA) is 63.4 Å². The molecule has 6 heteroatoms. The third-order valence-corrected chi connectivity index (χ3v) is 5.05. The van der Waals surface area contributed by atoms with Gasteiger partial charge >= 0.3 is 0 Å². The van der Waals surface area contributed by atoms with Crippen LogP contribution in [0.15, 0.2) is 18.2 Å². The van der Waals surface area contributed by atoms with Crippen LogP contribution >= 0.6 is 11.6 Å². The number of rotatable bonds is 1. The zero-order valence-electron chi connectivity index (χ0n) is 9.56. The van der Waals surface area contributed by atoms with E-state index < -0.39 is 9.84 Å². The molecule has 1 aromatic rings. The van der Waals surface area contributed by atoms with Gasteiger partial charge in [-0.05, 0) is 25.1 Å². The summed E-state index contributed by atoms with van der Waals surface area (Å²) in [7, 11) is -2.90. The summed E-state index contributed by atoms with van der Waals surface area (Å²) in [4.78, 5) is 2.02. The lowest BCUT2D eigenvalue weighted by Gasteiger charge is -2.35. The van der Waals surface area contributed by atoms with E-state index in [9.17, 15) is 8.42 Å². The van der Waals surface area contributed by atoms with Gasteiger partial charge in [0.1, 0.15) is 0 Å². The lowest BCUT2D eigenvalue weighted by molar-refractivity contribution is 0.568. The Morgan fingerprint density at radius 2 is 2.18 bits per heavy atom. The molecule has 1 fully saturated rings. The van der Waals surface area contributed by atoms with Gasteiger partial charge in [-0.25, -0.2) is 8.42 Å². The molecule has 17 heavy (non-hydrogen) atoms. The van der Waals surface area contributed by atoms with Gasteiger partial charge in [-0.2, -0.15) is 0 Å². The number of nitrogens with zero attached hydrogens (tertiary/aromatic N) is 1. The molecule has 1 saturated heterocycles. The SMILES string of the molecule is CC1CS(=O)(=O)CCN1c1ccc(N)cc1Cl. The van der Waals surface area contributed by atoms with E-state index >= 15 is 0 Å². The summed E-state index contributed by atoms with van der Waals surface area (Å²) in [5, 5.41) is 0.566. The highest BCUT2D eigenvalue weighted by atomic mass is 35.5. The lowest BCUT2D eigenvalue weighted by Crippen LogP contribution is -2.47. The quantitative estimate of drug-likeness (QED) is 0.789. The molecule has 4 nitrogen and oxygen atoms in total. The van der Waals surface area contributed by atoms with Crippen LogP contribution in [0.1, 0.15) is 6.92 Å². The predicted molar refractivity (Wildman–Crippen MR) is 71.3 cm³/mol. The average Bonchev–Trinajstić information content (AvgIpc) is 2.18. The number of hydrogen-bond donors (Lipinski definition) is 1. The molecule has 94 valence electrons. The molecule has 1 aromatic carbocycles. The summed E-state index contributed by atoms with van der Waals surface area (Å²) >= 11 is 6.13. The van der Waals surface area contributed by atoms with Crippen molar-refractivity contribution < 1.29 is 8.42 Å². The van der Waals surface area contributed by atoms with Crippen LogP contribution in [-0.4, -0.2) is 32.5 Å². The van der Waals surface area contributed by atoms with Crippen molar-refractivity contribution in [1.82, 2.24) is 0 Å². The van der Waals surface area contributed by atoms with Crippen molar-refractivity contribution in [3.8, 4) is 0 Å². The summed E-state index contributed by atoms with van der Waals surface area (Å²) in [6.45, 7) is 2.37. The highest BCUT2D eigenvalue weighted by Crippen LogP contribution is 2.30. The van der Waals surface area contributed by atoms with Crippen LogP contribution in [0.4, 0.5) is 11.4 Å². The first kappa shape index (κ1) is 12.5. The van der Waals surface area contributed by atoms with Crippen LogP contribution in [0.25, 0.3) is 0 Å². The smallest absolute Gasteiger partial charge is 0.154 e. The molecule has 1 unspecified atom stereocenters. The van der Waals surface area contributed by atoms with Gasteiger partial charge < -0.3 is 10.6 Å². The molecule has 1 atom stereocenters. The van der Waals surface area contributed by atoms with Gasteiger partial charge in [-0.1, -0.05) is 11.6 Å². The number of nitrogen functional groups attached to an aromatic ring is 1. The summed E-state index contributed by atoms with van der Waals surface area (Å²) in [6.07, 6.45) is 0. The van der Waals surface area contributed by atoms with Crippen molar-refractivity contribution in [1.29, 1.82) is 0 Å². The Kier molecular flexibility index (Phi) is 3.23. The molecule has 0 amide bonds. The molecule has 2 N–H and O–H groups in total. The minimum Gasteiger partial charge on any atom is -0.399 e. The molecule has 1 heterocycles. The Morgan fingerprint density at radius 3 is 2.76 bits per heavy atom. The van der Waals surface area contributed by atoms with Gasteiger partial charge in [0.25, 0.3) is 0 Å². The van der Waals surface area contributed by atoms with Gasteiger partial charge in [0.2, 0.25) is 0 Å². The maximum absolute atomic E-state index is 11.5. The van der Waals surface area contributed by atoms with Crippen molar-refractivity contribution >= 4 is 32.8 Å². The van der Waals surface area contributed by atoms with Crippen LogP contribution in [0, 0.1) is 0 Å². The van der Waals surface area contributed by atoms with Gasteiger partial charge in [0.05, 0.1) is 22.2 Å². The maximum atomic E-state index is 11.5. The molecule has 0 aliphatic carbocycles. The Bertz CT molecular complexity index is 530. The first-order valence-corrected chi connectivity index (χ1v) is 7.61. The molecule has 1 aliphatic rings. The van der Waals surface area contributed by atoms with E-state index in [1.54, 1.807) is 12.1 Å². The van der Waals surface area contributed by atoms with Crippen molar-refractivity contribution in [3.63, 3.8) is 0 Å². The van der Waals surface area contributed by atoms with E-state index in [1.807, 2.05) is 17.9 Å². The first-order chi connectivity index (χ1) is 7.89. The monoisotopic (exact) mass is 274 g/mol. The lowest BCUT2D eigenvalue weighted by atomic mass is 10.2. The Hall–Kier alpha value is -0.940. The van der Waals surface area contributed by atoms with E-state index in [0.29, 0.717) is 17.3 Å². The fraction of sp³-hybridized carbons (Fsp3) is 0.455. The zero-order valence-corrected chi connectivity index (χ0v) is 11.1. The first-order valence-electron chi connectivity index (χ1n) is 5.41. The Balaban J connectivity index is 2.29. The van der Waals surface area contributed by atoms with E-state index in [4.69, 9.17) is 17.3 Å². The second kappa shape index (κ2) is 4.38.